The van der Waals surface area contributed by atoms with Gasteiger partial charge in [0.25, 0.3) is 11.8 Å². The van der Waals surface area contributed by atoms with Crippen molar-refractivity contribution in [2.75, 3.05) is 12.0 Å². The number of amides is 2. The summed E-state index contributed by atoms with van der Waals surface area (Å²) in [4.78, 5) is 27.8. The third-order valence-electron chi connectivity index (χ3n) is 4.95. The maximum Gasteiger partial charge on any atom is 0.265 e. The molecule has 1 heterocycles. The number of aryl methyl sites for hydroxylation is 1. The molecule has 2 amide bonds. The van der Waals surface area contributed by atoms with Gasteiger partial charge in [-0.1, -0.05) is 42.5 Å². The number of nitrogens with zero attached hydrogens (tertiary/aromatic N) is 1. The monoisotopic (exact) mass is 385 g/mol. The van der Waals surface area contributed by atoms with Crippen molar-refractivity contribution < 1.29 is 19.4 Å². The van der Waals surface area contributed by atoms with Gasteiger partial charge in [0.2, 0.25) is 0 Å². The molecule has 0 bridgehead atoms. The second kappa shape index (κ2) is 7.28. The zero-order chi connectivity index (χ0) is 20.5. The van der Waals surface area contributed by atoms with Crippen LogP contribution in [0, 0.1) is 6.92 Å². The van der Waals surface area contributed by atoms with Crippen molar-refractivity contribution in [3.8, 4) is 11.5 Å². The zero-order valence-corrected chi connectivity index (χ0v) is 16.0. The molecule has 0 fully saturated rings. The number of phenolic OH excluding ortho intramolecular Hbond substituents is 1. The molecule has 0 atom stereocenters. The van der Waals surface area contributed by atoms with Gasteiger partial charge in [0.1, 0.15) is 0 Å². The predicted octanol–water partition coefficient (Wildman–Crippen LogP) is 4.44. The third-order valence-corrected chi connectivity index (χ3v) is 4.95. The molecular formula is C24H19NO4. The molecule has 0 spiro atoms. The van der Waals surface area contributed by atoms with Gasteiger partial charge in [-0.15, -0.1) is 0 Å². The SMILES string of the molecule is COc1ccc(C=C2C(=O)N(c3ccccc3C)C(=O)c3ccccc32)cc1O. The van der Waals surface area contributed by atoms with Crippen LogP contribution in [0.25, 0.3) is 11.6 Å². The van der Waals surface area contributed by atoms with Crippen molar-refractivity contribution >= 4 is 29.2 Å². The van der Waals surface area contributed by atoms with E-state index in [1.165, 1.54) is 18.1 Å². The topological polar surface area (TPSA) is 66.8 Å². The molecule has 1 N–H and O–H groups in total. The van der Waals surface area contributed by atoms with Gasteiger partial charge in [-0.05, 0) is 54.0 Å². The summed E-state index contributed by atoms with van der Waals surface area (Å²) < 4.78 is 5.08. The van der Waals surface area contributed by atoms with Gasteiger partial charge in [0, 0.05) is 11.1 Å². The number of carbonyl (C=O) groups excluding carboxylic acids is 2. The highest BCUT2D eigenvalue weighted by Gasteiger charge is 2.36. The van der Waals surface area contributed by atoms with Gasteiger partial charge in [-0.3, -0.25) is 9.59 Å². The van der Waals surface area contributed by atoms with Crippen LogP contribution in [0.15, 0.2) is 66.7 Å². The van der Waals surface area contributed by atoms with E-state index in [4.69, 9.17) is 4.74 Å². The lowest BCUT2D eigenvalue weighted by Gasteiger charge is -2.29. The van der Waals surface area contributed by atoms with Crippen LogP contribution in [0.1, 0.15) is 27.0 Å². The highest BCUT2D eigenvalue weighted by atomic mass is 16.5. The Bertz CT molecular complexity index is 1160. The number of anilines is 1. The first kappa shape index (κ1) is 18.5. The number of rotatable bonds is 3. The van der Waals surface area contributed by atoms with Crippen LogP contribution in [-0.4, -0.2) is 24.0 Å². The van der Waals surface area contributed by atoms with Crippen molar-refractivity contribution in [3.05, 3.63) is 89.0 Å². The molecule has 0 unspecified atom stereocenters. The van der Waals surface area contributed by atoms with Crippen LogP contribution < -0.4 is 9.64 Å². The van der Waals surface area contributed by atoms with Gasteiger partial charge in [-0.2, -0.15) is 0 Å². The summed E-state index contributed by atoms with van der Waals surface area (Å²) in [5.74, 6) is -0.433. The molecule has 5 nitrogen and oxygen atoms in total. The summed E-state index contributed by atoms with van der Waals surface area (Å²) in [6, 6.07) is 19.2. The van der Waals surface area contributed by atoms with E-state index in [0.29, 0.717) is 33.7 Å². The quantitative estimate of drug-likeness (QED) is 0.535. The number of ether oxygens (including phenoxy) is 1. The number of hydrogen-bond donors (Lipinski definition) is 1. The Morgan fingerprint density at radius 2 is 1.59 bits per heavy atom. The second-order valence-corrected chi connectivity index (χ2v) is 6.77. The second-order valence-electron chi connectivity index (χ2n) is 6.77. The average molecular weight is 385 g/mol. The van der Waals surface area contributed by atoms with Crippen LogP contribution in [0.5, 0.6) is 11.5 Å². The van der Waals surface area contributed by atoms with Crippen molar-refractivity contribution in [2.45, 2.75) is 6.92 Å². The number of fused-ring (bicyclic) bond motifs is 1. The zero-order valence-electron chi connectivity index (χ0n) is 16.0. The van der Waals surface area contributed by atoms with Crippen LogP contribution in [0.3, 0.4) is 0 Å². The minimum absolute atomic E-state index is 0.0229. The smallest absolute Gasteiger partial charge is 0.265 e. The molecule has 0 aliphatic carbocycles. The Kier molecular flexibility index (Phi) is 4.64. The number of phenols is 1. The van der Waals surface area contributed by atoms with E-state index < -0.39 is 5.91 Å². The third kappa shape index (κ3) is 3.17. The lowest BCUT2D eigenvalue weighted by Crippen LogP contribution is -2.42. The van der Waals surface area contributed by atoms with Crippen molar-refractivity contribution in [2.24, 2.45) is 0 Å². The normalized spacial score (nSPS) is 14.8. The molecule has 4 rings (SSSR count). The summed E-state index contributed by atoms with van der Waals surface area (Å²) in [6.45, 7) is 1.86. The number of carbonyl (C=O) groups is 2. The molecule has 0 saturated heterocycles. The standard InChI is InChI=1S/C24H19NO4/c1-15-7-3-6-10-20(15)25-23(27)18-9-5-4-8-17(18)19(24(25)28)13-16-11-12-22(29-2)21(26)14-16/h3-14,26H,1-2H3. The van der Waals surface area contributed by atoms with E-state index in [0.717, 1.165) is 5.56 Å². The van der Waals surface area contributed by atoms with Crippen LogP contribution >= 0.6 is 0 Å². The van der Waals surface area contributed by atoms with Crippen LogP contribution in [0.4, 0.5) is 5.69 Å². The molecular weight excluding hydrogens is 366 g/mol. The fraction of sp³-hybridized carbons (Fsp3) is 0.0833. The number of para-hydroxylation sites is 1. The molecule has 0 saturated carbocycles. The minimum atomic E-state index is -0.404. The highest BCUT2D eigenvalue weighted by Crippen LogP contribution is 2.35. The first-order valence-electron chi connectivity index (χ1n) is 9.14. The van der Waals surface area contributed by atoms with Gasteiger partial charge in [-0.25, -0.2) is 4.90 Å². The lowest BCUT2D eigenvalue weighted by atomic mass is 9.91. The van der Waals surface area contributed by atoms with E-state index in [1.54, 1.807) is 54.6 Å². The van der Waals surface area contributed by atoms with Crippen LogP contribution in [0.2, 0.25) is 0 Å². The predicted molar refractivity (Wildman–Crippen MR) is 112 cm³/mol. The molecule has 29 heavy (non-hydrogen) atoms. The summed E-state index contributed by atoms with van der Waals surface area (Å²) in [7, 11) is 1.47. The number of benzene rings is 3. The van der Waals surface area contributed by atoms with Gasteiger partial charge in [0.05, 0.1) is 12.8 Å². The number of hydrogen-bond acceptors (Lipinski definition) is 4. The van der Waals surface area contributed by atoms with E-state index >= 15 is 0 Å². The first-order chi connectivity index (χ1) is 14.0. The van der Waals surface area contributed by atoms with E-state index in [-0.39, 0.29) is 11.7 Å². The Hall–Kier alpha value is -3.86. The Balaban J connectivity index is 1.90. The average Bonchev–Trinajstić information content (AvgIpc) is 2.73. The van der Waals surface area contributed by atoms with Crippen molar-refractivity contribution in [3.63, 3.8) is 0 Å². The Morgan fingerprint density at radius 3 is 2.28 bits per heavy atom. The van der Waals surface area contributed by atoms with E-state index in [2.05, 4.69) is 0 Å². The van der Waals surface area contributed by atoms with E-state index in [9.17, 15) is 14.7 Å². The fourth-order valence-electron chi connectivity index (χ4n) is 3.49. The molecule has 144 valence electrons. The number of aromatic hydroxyl groups is 1. The van der Waals surface area contributed by atoms with Gasteiger partial charge >= 0.3 is 0 Å². The lowest BCUT2D eigenvalue weighted by molar-refractivity contribution is -0.112. The minimum Gasteiger partial charge on any atom is -0.504 e. The fourth-order valence-corrected chi connectivity index (χ4v) is 3.49. The largest absolute Gasteiger partial charge is 0.504 e. The molecule has 1 aliphatic heterocycles. The maximum atomic E-state index is 13.4. The molecule has 1 aliphatic rings. The Morgan fingerprint density at radius 1 is 0.897 bits per heavy atom. The number of imide groups is 1. The molecule has 3 aromatic rings. The van der Waals surface area contributed by atoms with Crippen LogP contribution in [-0.2, 0) is 4.79 Å². The summed E-state index contributed by atoms with van der Waals surface area (Å²) in [5.41, 5.74) is 3.42. The maximum absolute atomic E-state index is 13.4. The van der Waals surface area contributed by atoms with E-state index in [1.807, 2.05) is 19.1 Å². The number of methoxy groups -OCH3 is 1. The van der Waals surface area contributed by atoms with Crippen molar-refractivity contribution in [1.82, 2.24) is 0 Å². The molecule has 0 aromatic heterocycles. The molecule has 3 aromatic carbocycles. The molecule has 5 heteroatoms. The van der Waals surface area contributed by atoms with Gasteiger partial charge < -0.3 is 9.84 Å². The van der Waals surface area contributed by atoms with Gasteiger partial charge in [0.15, 0.2) is 11.5 Å². The molecule has 0 radical (unpaired) electrons. The summed E-state index contributed by atoms with van der Waals surface area (Å²) >= 11 is 0. The highest BCUT2D eigenvalue weighted by molar-refractivity contribution is 6.43. The Labute approximate surface area is 168 Å². The summed E-state index contributed by atoms with van der Waals surface area (Å²) in [6.07, 6.45) is 1.68. The first-order valence-corrected chi connectivity index (χ1v) is 9.14. The van der Waals surface area contributed by atoms with Crippen molar-refractivity contribution in [1.29, 1.82) is 0 Å². The summed E-state index contributed by atoms with van der Waals surface area (Å²) in [5, 5.41) is 10.1.